The molecule has 0 saturated heterocycles. The van der Waals surface area contributed by atoms with Gasteiger partial charge in [-0.2, -0.15) is 0 Å². The van der Waals surface area contributed by atoms with Crippen LogP contribution in [0.5, 0.6) is 0 Å². The molecule has 0 N–H and O–H groups in total. The minimum atomic E-state index is -0.763. The number of unbranched alkanes of at least 4 members (excludes halogenated alkanes) is 4. The van der Waals surface area contributed by atoms with Gasteiger partial charge in [-0.05, 0) is 38.5 Å². The van der Waals surface area contributed by atoms with Crippen LogP contribution in [0.15, 0.2) is 24.3 Å². The van der Waals surface area contributed by atoms with Gasteiger partial charge in [-0.15, -0.1) is 0 Å². The molecule has 0 spiro atoms. The third-order valence-electron chi connectivity index (χ3n) is 6.68. The smallest absolute Gasteiger partial charge is 0.149 e. The molecule has 0 aromatic heterocycles. The third kappa shape index (κ3) is 13.3. The van der Waals surface area contributed by atoms with Crippen molar-refractivity contribution in [2.24, 2.45) is 0 Å². The minimum absolute atomic E-state index is 0.378. The zero-order valence-corrected chi connectivity index (χ0v) is 27.5. The van der Waals surface area contributed by atoms with Gasteiger partial charge in [-0.25, -0.2) is 0 Å². The summed E-state index contributed by atoms with van der Waals surface area (Å²) in [7, 11) is -1.53. The second-order valence-electron chi connectivity index (χ2n) is 10.3. The summed E-state index contributed by atoms with van der Waals surface area (Å²) in [6, 6.07) is 9.39. The molecular weight excluding hydrogens is 480 g/mol. The Labute approximate surface area is 228 Å². The summed E-state index contributed by atoms with van der Waals surface area (Å²) in [5.41, 5.74) is -0.757. The second kappa shape index (κ2) is 20.5. The van der Waals surface area contributed by atoms with E-state index in [4.69, 9.17) is 18.9 Å². The van der Waals surface area contributed by atoms with Crippen LogP contribution in [-0.2, 0) is 18.9 Å². The lowest BCUT2D eigenvalue weighted by molar-refractivity contribution is -0.185. The first-order valence-corrected chi connectivity index (χ1v) is 18.0. The van der Waals surface area contributed by atoms with Crippen molar-refractivity contribution < 1.29 is 18.9 Å². The summed E-state index contributed by atoms with van der Waals surface area (Å²) in [5.74, 6) is 0. The zero-order valence-electron chi connectivity index (χ0n) is 24.7. The van der Waals surface area contributed by atoms with Crippen LogP contribution in [0.2, 0.25) is 0 Å². The van der Waals surface area contributed by atoms with E-state index in [0.29, 0.717) is 0 Å². The Morgan fingerprint density at radius 1 is 0.472 bits per heavy atom. The molecule has 0 aliphatic carbocycles. The van der Waals surface area contributed by atoms with Crippen molar-refractivity contribution >= 4 is 29.4 Å². The molecule has 0 bridgehead atoms. The largest absolute Gasteiger partial charge is 0.354 e. The number of hydrogen-bond donors (Lipinski definition) is 0. The molecule has 0 atom stereocenters. The van der Waals surface area contributed by atoms with E-state index >= 15 is 0 Å². The van der Waals surface area contributed by atoms with Crippen molar-refractivity contribution in [3.63, 3.8) is 0 Å². The maximum atomic E-state index is 6.52. The lowest BCUT2D eigenvalue weighted by Crippen LogP contribution is -2.49. The minimum Gasteiger partial charge on any atom is -0.354 e. The highest BCUT2D eigenvalue weighted by atomic mass is 28.2. The molecule has 1 aromatic carbocycles. The normalized spacial score (nSPS) is 13.1. The molecule has 36 heavy (non-hydrogen) atoms. The van der Waals surface area contributed by atoms with Crippen molar-refractivity contribution in [1.29, 1.82) is 0 Å². The predicted molar refractivity (Wildman–Crippen MR) is 162 cm³/mol. The summed E-state index contributed by atoms with van der Waals surface area (Å²) in [6.07, 6.45) is 13.1. The standard InChI is InChI=1S/C30H58O4Si2/c1-7-13-23-31-29(21-11-5,32-24-14-8-2)35-27-17-19-28(20-18-27)36-30(22-12-6,33-25-15-9-3)34-26-16-10-4/h17-20H,7-16,21-26,35-36H2,1-6H3. The van der Waals surface area contributed by atoms with Crippen LogP contribution < -0.4 is 10.4 Å². The zero-order chi connectivity index (χ0) is 26.5. The van der Waals surface area contributed by atoms with E-state index in [9.17, 15) is 0 Å². The van der Waals surface area contributed by atoms with Gasteiger partial charge in [0.1, 0.15) is 29.9 Å². The monoisotopic (exact) mass is 538 g/mol. The van der Waals surface area contributed by atoms with Gasteiger partial charge in [0.15, 0.2) is 0 Å². The van der Waals surface area contributed by atoms with Gasteiger partial charge in [0.05, 0.1) is 0 Å². The highest BCUT2D eigenvalue weighted by molar-refractivity contribution is 6.58. The molecule has 1 rings (SSSR count). The quantitative estimate of drug-likeness (QED) is 0.0996. The lowest BCUT2D eigenvalue weighted by Gasteiger charge is -2.35. The maximum Gasteiger partial charge on any atom is 0.149 e. The van der Waals surface area contributed by atoms with Crippen molar-refractivity contribution in [3.8, 4) is 0 Å². The topological polar surface area (TPSA) is 36.9 Å². The first-order valence-electron chi connectivity index (χ1n) is 15.2. The molecule has 0 unspecified atom stereocenters. The molecule has 210 valence electrons. The predicted octanol–water partition coefficient (Wildman–Crippen LogP) is 5.45. The number of hydrogen-bond acceptors (Lipinski definition) is 4. The summed E-state index contributed by atoms with van der Waals surface area (Å²) >= 11 is 0. The summed E-state index contributed by atoms with van der Waals surface area (Å²) in [6.45, 7) is 16.6. The summed E-state index contributed by atoms with van der Waals surface area (Å²) in [5, 5.41) is 2.85. The summed E-state index contributed by atoms with van der Waals surface area (Å²) < 4.78 is 26.1. The van der Waals surface area contributed by atoms with Gasteiger partial charge in [0, 0.05) is 26.4 Å². The fourth-order valence-corrected chi connectivity index (χ4v) is 8.75. The van der Waals surface area contributed by atoms with E-state index < -0.39 is 19.0 Å². The second-order valence-corrected chi connectivity index (χ2v) is 14.8. The molecule has 0 radical (unpaired) electrons. The fourth-order valence-electron chi connectivity index (χ4n) is 4.52. The van der Waals surface area contributed by atoms with E-state index in [1.54, 1.807) is 0 Å². The van der Waals surface area contributed by atoms with E-state index in [0.717, 1.165) is 103 Å². The molecule has 0 amide bonds. The molecule has 0 fully saturated rings. The van der Waals surface area contributed by atoms with Gasteiger partial charge in [0.2, 0.25) is 0 Å². The SMILES string of the molecule is CCCCOC(CCC)(OCCCC)[SiH2]c1ccc([SiH2]C(CCC)(OCCCC)OCCCC)cc1. The molecule has 6 heteroatoms. The molecule has 0 saturated carbocycles. The molecule has 4 nitrogen and oxygen atoms in total. The highest BCUT2D eigenvalue weighted by Crippen LogP contribution is 2.22. The van der Waals surface area contributed by atoms with Crippen molar-refractivity contribution in [2.75, 3.05) is 26.4 Å². The molecular formula is C30H58O4Si2. The van der Waals surface area contributed by atoms with Gasteiger partial charge < -0.3 is 18.9 Å². The van der Waals surface area contributed by atoms with Crippen LogP contribution in [-0.4, -0.2) is 56.3 Å². The van der Waals surface area contributed by atoms with Crippen molar-refractivity contribution in [1.82, 2.24) is 0 Å². The Hall–Kier alpha value is -0.506. The van der Waals surface area contributed by atoms with Crippen LogP contribution >= 0.6 is 0 Å². The van der Waals surface area contributed by atoms with Crippen molar-refractivity contribution in [3.05, 3.63) is 24.3 Å². The Morgan fingerprint density at radius 3 is 0.972 bits per heavy atom. The Balaban J connectivity index is 3.03. The maximum absolute atomic E-state index is 6.52. The Bertz CT molecular complexity index is 563. The van der Waals surface area contributed by atoms with Gasteiger partial charge in [0.25, 0.3) is 0 Å². The molecule has 1 aromatic rings. The third-order valence-corrected chi connectivity index (χ3v) is 11.0. The van der Waals surface area contributed by atoms with Gasteiger partial charge >= 0.3 is 0 Å². The van der Waals surface area contributed by atoms with Crippen LogP contribution in [0.3, 0.4) is 0 Å². The van der Waals surface area contributed by atoms with E-state index in [1.807, 2.05) is 0 Å². The number of rotatable bonds is 24. The first kappa shape index (κ1) is 33.5. The van der Waals surface area contributed by atoms with Crippen LogP contribution in [0, 0.1) is 0 Å². The first-order chi connectivity index (χ1) is 17.5. The average molecular weight is 539 g/mol. The molecule has 0 heterocycles. The Kier molecular flexibility index (Phi) is 19.0. The van der Waals surface area contributed by atoms with Crippen molar-refractivity contribution in [2.45, 2.75) is 129 Å². The Morgan fingerprint density at radius 2 is 0.750 bits per heavy atom. The lowest BCUT2D eigenvalue weighted by atomic mass is 10.3. The summed E-state index contributed by atoms with van der Waals surface area (Å²) in [4.78, 5) is 0. The highest BCUT2D eigenvalue weighted by Gasteiger charge is 2.33. The average Bonchev–Trinajstić information content (AvgIpc) is 2.86. The van der Waals surface area contributed by atoms with E-state index in [1.165, 1.54) is 10.4 Å². The van der Waals surface area contributed by atoms with Crippen LogP contribution in [0.25, 0.3) is 0 Å². The fraction of sp³-hybridized carbons (Fsp3) is 0.800. The van der Waals surface area contributed by atoms with Gasteiger partial charge in [-0.3, -0.25) is 0 Å². The number of ether oxygens (including phenoxy) is 4. The van der Waals surface area contributed by atoms with Crippen LogP contribution in [0.4, 0.5) is 0 Å². The number of benzene rings is 1. The molecule has 0 aliphatic rings. The van der Waals surface area contributed by atoms with E-state index in [2.05, 4.69) is 65.8 Å². The van der Waals surface area contributed by atoms with Gasteiger partial charge in [-0.1, -0.05) is 115 Å². The van der Waals surface area contributed by atoms with Crippen LogP contribution in [0.1, 0.15) is 119 Å². The molecule has 0 aliphatic heterocycles. The van der Waals surface area contributed by atoms with E-state index in [-0.39, 0.29) is 10.8 Å².